The molecule has 0 saturated carbocycles. The molecule has 5 heteroatoms. The Kier molecular flexibility index (Phi) is 3.52. The van der Waals surface area contributed by atoms with Crippen molar-refractivity contribution in [2.24, 2.45) is 13.0 Å². The van der Waals surface area contributed by atoms with Crippen LogP contribution in [0.25, 0.3) is 0 Å². The van der Waals surface area contributed by atoms with Gasteiger partial charge in [0.1, 0.15) is 0 Å². The summed E-state index contributed by atoms with van der Waals surface area (Å²) >= 11 is 5.81. The highest BCUT2D eigenvalue weighted by Crippen LogP contribution is 2.12. The summed E-state index contributed by atoms with van der Waals surface area (Å²) in [4.78, 5) is 11.5. The average Bonchev–Trinajstić information content (AvgIpc) is 2.41. The van der Waals surface area contributed by atoms with Crippen molar-refractivity contribution in [2.75, 3.05) is 6.54 Å². The van der Waals surface area contributed by atoms with Crippen molar-refractivity contribution in [3.63, 3.8) is 0 Å². The summed E-state index contributed by atoms with van der Waals surface area (Å²) in [6, 6.07) is 0. The Bertz CT molecular complexity index is 333. The first-order valence-electron chi connectivity index (χ1n) is 4.48. The Balaban J connectivity index is 2.65. The number of amides is 1. The quantitative estimate of drug-likeness (QED) is 0.830. The number of carbonyl (C=O) groups excluding carboxylic acids is 1. The second kappa shape index (κ2) is 4.46. The molecule has 1 aromatic rings. The molecule has 0 aliphatic heterocycles. The number of nitrogens with one attached hydrogen (secondary N) is 1. The van der Waals surface area contributed by atoms with E-state index in [9.17, 15) is 4.79 Å². The maximum absolute atomic E-state index is 11.5. The molecule has 0 aliphatic rings. The van der Waals surface area contributed by atoms with Crippen LogP contribution in [0.1, 0.15) is 24.3 Å². The maximum Gasteiger partial charge on any atom is 0.273 e. The van der Waals surface area contributed by atoms with Gasteiger partial charge >= 0.3 is 0 Å². The molecule has 0 aliphatic carbocycles. The summed E-state index contributed by atoms with van der Waals surface area (Å²) in [5.41, 5.74) is 0.287. The van der Waals surface area contributed by atoms with Crippen LogP contribution in [0.5, 0.6) is 0 Å². The van der Waals surface area contributed by atoms with Crippen LogP contribution in [0.2, 0.25) is 5.02 Å². The second-order valence-corrected chi connectivity index (χ2v) is 4.01. The van der Waals surface area contributed by atoms with Crippen molar-refractivity contribution >= 4 is 17.5 Å². The van der Waals surface area contributed by atoms with Gasteiger partial charge in [0.05, 0.1) is 5.02 Å². The van der Waals surface area contributed by atoms with Gasteiger partial charge in [-0.15, -0.1) is 0 Å². The summed E-state index contributed by atoms with van der Waals surface area (Å²) in [5.74, 6) is 0.200. The minimum atomic E-state index is -0.218. The molecule has 0 unspecified atom stereocenters. The lowest BCUT2D eigenvalue weighted by Gasteiger charge is -2.05. The van der Waals surface area contributed by atoms with Gasteiger partial charge in [-0.2, -0.15) is 5.10 Å². The van der Waals surface area contributed by atoms with Gasteiger partial charge in [-0.3, -0.25) is 9.48 Å². The molecule has 1 rings (SSSR count). The fourth-order valence-electron chi connectivity index (χ4n) is 0.994. The molecule has 1 aromatic heterocycles. The highest BCUT2D eigenvalue weighted by molar-refractivity contribution is 6.33. The second-order valence-electron chi connectivity index (χ2n) is 3.60. The Labute approximate surface area is 88.2 Å². The van der Waals surface area contributed by atoms with E-state index in [0.717, 1.165) is 0 Å². The SMILES string of the molecule is CC(C)CNC(=O)c1nn(C)cc1Cl. The van der Waals surface area contributed by atoms with Gasteiger partial charge in [0.2, 0.25) is 0 Å². The largest absolute Gasteiger partial charge is 0.350 e. The van der Waals surface area contributed by atoms with Gasteiger partial charge in [0, 0.05) is 19.8 Å². The number of hydrogen-bond donors (Lipinski definition) is 1. The molecular weight excluding hydrogens is 202 g/mol. The molecule has 14 heavy (non-hydrogen) atoms. The van der Waals surface area contributed by atoms with Crippen LogP contribution >= 0.6 is 11.6 Å². The van der Waals surface area contributed by atoms with E-state index in [-0.39, 0.29) is 11.6 Å². The number of hydrogen-bond acceptors (Lipinski definition) is 2. The van der Waals surface area contributed by atoms with Gasteiger partial charge in [-0.05, 0) is 5.92 Å². The van der Waals surface area contributed by atoms with Crippen LogP contribution in [-0.4, -0.2) is 22.2 Å². The Morgan fingerprint density at radius 2 is 2.36 bits per heavy atom. The van der Waals surface area contributed by atoms with Crippen molar-refractivity contribution in [1.82, 2.24) is 15.1 Å². The van der Waals surface area contributed by atoms with E-state index < -0.39 is 0 Å². The molecular formula is C9H14ClN3O. The van der Waals surface area contributed by atoms with Gasteiger partial charge in [0.25, 0.3) is 5.91 Å². The molecule has 1 heterocycles. The summed E-state index contributed by atoms with van der Waals surface area (Å²) < 4.78 is 1.52. The zero-order valence-corrected chi connectivity index (χ0v) is 9.30. The van der Waals surface area contributed by atoms with Gasteiger partial charge < -0.3 is 5.32 Å². The highest BCUT2D eigenvalue weighted by Gasteiger charge is 2.14. The molecule has 0 radical (unpaired) electrons. The van der Waals surface area contributed by atoms with Crippen LogP contribution in [-0.2, 0) is 7.05 Å². The number of aryl methyl sites for hydroxylation is 1. The van der Waals surface area contributed by atoms with Crippen LogP contribution in [0.15, 0.2) is 6.20 Å². The van der Waals surface area contributed by atoms with E-state index in [4.69, 9.17) is 11.6 Å². The third-order valence-electron chi connectivity index (χ3n) is 1.67. The molecule has 0 spiro atoms. The lowest BCUT2D eigenvalue weighted by molar-refractivity contribution is 0.0943. The van der Waals surface area contributed by atoms with E-state index in [1.54, 1.807) is 13.2 Å². The smallest absolute Gasteiger partial charge is 0.273 e. The van der Waals surface area contributed by atoms with Crippen LogP contribution in [0.4, 0.5) is 0 Å². The van der Waals surface area contributed by atoms with E-state index in [2.05, 4.69) is 10.4 Å². The molecule has 4 nitrogen and oxygen atoms in total. The fraction of sp³-hybridized carbons (Fsp3) is 0.556. The predicted molar refractivity (Wildman–Crippen MR) is 55.4 cm³/mol. The summed E-state index contributed by atoms with van der Waals surface area (Å²) in [7, 11) is 1.73. The van der Waals surface area contributed by atoms with Crippen molar-refractivity contribution < 1.29 is 4.79 Å². The Morgan fingerprint density at radius 1 is 1.71 bits per heavy atom. The molecule has 0 fully saturated rings. The first-order valence-corrected chi connectivity index (χ1v) is 4.86. The molecule has 0 saturated heterocycles. The summed E-state index contributed by atoms with van der Waals surface area (Å²) in [6.07, 6.45) is 1.60. The van der Waals surface area contributed by atoms with Crippen LogP contribution in [0, 0.1) is 5.92 Å². The number of rotatable bonds is 3. The highest BCUT2D eigenvalue weighted by atomic mass is 35.5. The van der Waals surface area contributed by atoms with Gasteiger partial charge in [0.15, 0.2) is 5.69 Å². The number of nitrogens with zero attached hydrogens (tertiary/aromatic N) is 2. The van der Waals surface area contributed by atoms with Crippen molar-refractivity contribution in [3.8, 4) is 0 Å². The number of halogens is 1. The number of carbonyl (C=O) groups is 1. The first kappa shape index (κ1) is 11.0. The molecule has 78 valence electrons. The zero-order chi connectivity index (χ0) is 10.7. The van der Waals surface area contributed by atoms with Gasteiger partial charge in [-0.25, -0.2) is 0 Å². The average molecular weight is 216 g/mol. The van der Waals surface area contributed by atoms with Crippen molar-refractivity contribution in [3.05, 3.63) is 16.9 Å². The number of aromatic nitrogens is 2. The fourth-order valence-corrected chi connectivity index (χ4v) is 1.26. The minimum absolute atomic E-state index is 0.218. The lowest BCUT2D eigenvalue weighted by atomic mass is 10.2. The molecule has 0 atom stereocenters. The van der Waals surface area contributed by atoms with Crippen LogP contribution < -0.4 is 5.32 Å². The standard InChI is InChI=1S/C9H14ClN3O/c1-6(2)4-11-9(14)8-7(10)5-13(3)12-8/h5-6H,4H2,1-3H3,(H,11,14). The third-order valence-corrected chi connectivity index (χ3v) is 1.95. The normalized spacial score (nSPS) is 10.6. The van der Waals surface area contributed by atoms with Crippen LogP contribution in [0.3, 0.4) is 0 Å². The maximum atomic E-state index is 11.5. The Morgan fingerprint density at radius 3 is 2.79 bits per heavy atom. The van der Waals surface area contributed by atoms with E-state index in [0.29, 0.717) is 17.5 Å². The lowest BCUT2D eigenvalue weighted by Crippen LogP contribution is -2.27. The van der Waals surface area contributed by atoms with Gasteiger partial charge in [-0.1, -0.05) is 25.4 Å². The molecule has 0 bridgehead atoms. The monoisotopic (exact) mass is 215 g/mol. The topological polar surface area (TPSA) is 46.9 Å². The first-order chi connectivity index (χ1) is 6.50. The summed E-state index contributed by atoms with van der Waals surface area (Å²) in [5, 5.41) is 7.10. The molecule has 0 aromatic carbocycles. The van der Waals surface area contributed by atoms with Crippen molar-refractivity contribution in [2.45, 2.75) is 13.8 Å². The molecule has 1 amide bonds. The van der Waals surface area contributed by atoms with E-state index in [1.165, 1.54) is 4.68 Å². The summed E-state index contributed by atoms with van der Waals surface area (Å²) in [6.45, 7) is 4.69. The van der Waals surface area contributed by atoms with E-state index >= 15 is 0 Å². The zero-order valence-electron chi connectivity index (χ0n) is 8.54. The third kappa shape index (κ3) is 2.73. The predicted octanol–water partition coefficient (Wildman–Crippen LogP) is 1.46. The van der Waals surface area contributed by atoms with E-state index in [1.807, 2.05) is 13.8 Å². The molecule has 1 N–H and O–H groups in total. The minimum Gasteiger partial charge on any atom is -0.350 e. The van der Waals surface area contributed by atoms with Crippen molar-refractivity contribution in [1.29, 1.82) is 0 Å². The Hall–Kier alpha value is -1.03.